The van der Waals surface area contributed by atoms with Crippen LogP contribution in [0.2, 0.25) is 0 Å². The Bertz CT molecular complexity index is 344. The van der Waals surface area contributed by atoms with Crippen LogP contribution in [0.3, 0.4) is 0 Å². The van der Waals surface area contributed by atoms with Gasteiger partial charge in [-0.1, -0.05) is 39.7 Å². The van der Waals surface area contributed by atoms with Crippen molar-refractivity contribution < 1.29 is 0 Å². The van der Waals surface area contributed by atoms with Crippen LogP contribution >= 0.6 is 15.9 Å². The SMILES string of the molecule is Brc1ccc(C=C2CCCNCCC2)cc1. The molecule has 0 aromatic heterocycles. The second-order valence-corrected chi connectivity index (χ2v) is 5.23. The van der Waals surface area contributed by atoms with Gasteiger partial charge >= 0.3 is 0 Å². The smallest absolute Gasteiger partial charge is 0.0175 e. The van der Waals surface area contributed by atoms with Gasteiger partial charge in [-0.05, 0) is 56.5 Å². The number of rotatable bonds is 1. The average molecular weight is 280 g/mol. The van der Waals surface area contributed by atoms with E-state index in [0.717, 1.165) is 17.6 Å². The van der Waals surface area contributed by atoms with E-state index < -0.39 is 0 Å². The van der Waals surface area contributed by atoms with Gasteiger partial charge in [-0.3, -0.25) is 0 Å². The lowest BCUT2D eigenvalue weighted by Crippen LogP contribution is -2.18. The van der Waals surface area contributed by atoms with E-state index >= 15 is 0 Å². The molecule has 1 aliphatic rings. The van der Waals surface area contributed by atoms with Gasteiger partial charge in [0.2, 0.25) is 0 Å². The minimum Gasteiger partial charge on any atom is -0.317 e. The van der Waals surface area contributed by atoms with Crippen molar-refractivity contribution in [2.24, 2.45) is 0 Å². The zero-order valence-electron chi connectivity index (χ0n) is 9.51. The van der Waals surface area contributed by atoms with E-state index in [2.05, 4.69) is 51.6 Å². The van der Waals surface area contributed by atoms with Crippen LogP contribution in [0, 0.1) is 0 Å². The molecule has 0 atom stereocenters. The highest BCUT2D eigenvalue weighted by Crippen LogP contribution is 2.19. The van der Waals surface area contributed by atoms with Gasteiger partial charge in [-0.15, -0.1) is 0 Å². The molecular weight excluding hydrogens is 262 g/mol. The molecule has 16 heavy (non-hydrogen) atoms. The largest absolute Gasteiger partial charge is 0.317 e. The van der Waals surface area contributed by atoms with Crippen molar-refractivity contribution in [3.05, 3.63) is 39.9 Å². The van der Waals surface area contributed by atoms with Gasteiger partial charge in [0.05, 0.1) is 0 Å². The normalized spacial score (nSPS) is 17.7. The van der Waals surface area contributed by atoms with E-state index in [0.29, 0.717) is 0 Å². The summed E-state index contributed by atoms with van der Waals surface area (Å²) in [5.74, 6) is 0. The minimum absolute atomic E-state index is 1.15. The summed E-state index contributed by atoms with van der Waals surface area (Å²) in [5.41, 5.74) is 2.93. The summed E-state index contributed by atoms with van der Waals surface area (Å²) >= 11 is 3.46. The highest BCUT2D eigenvalue weighted by Gasteiger charge is 2.02. The van der Waals surface area contributed by atoms with Gasteiger partial charge < -0.3 is 5.32 Å². The Hall–Kier alpha value is -0.600. The Morgan fingerprint density at radius 1 is 1.00 bits per heavy atom. The van der Waals surface area contributed by atoms with Gasteiger partial charge in [0, 0.05) is 4.47 Å². The number of halogens is 1. The molecule has 1 aliphatic heterocycles. The molecule has 1 heterocycles. The Morgan fingerprint density at radius 2 is 1.62 bits per heavy atom. The summed E-state index contributed by atoms with van der Waals surface area (Å²) in [4.78, 5) is 0. The van der Waals surface area contributed by atoms with Crippen molar-refractivity contribution in [1.82, 2.24) is 5.32 Å². The van der Waals surface area contributed by atoms with Gasteiger partial charge in [0.15, 0.2) is 0 Å². The first kappa shape index (κ1) is 11.9. The summed E-state index contributed by atoms with van der Waals surface area (Å²) in [5, 5.41) is 3.45. The van der Waals surface area contributed by atoms with Crippen LogP contribution in [0.25, 0.3) is 6.08 Å². The number of hydrogen-bond donors (Lipinski definition) is 1. The first-order valence-electron chi connectivity index (χ1n) is 6.00. The summed E-state index contributed by atoms with van der Waals surface area (Å²) in [6.45, 7) is 2.33. The van der Waals surface area contributed by atoms with E-state index in [4.69, 9.17) is 0 Å². The van der Waals surface area contributed by atoms with Crippen molar-refractivity contribution >= 4 is 22.0 Å². The van der Waals surface area contributed by atoms with E-state index in [1.54, 1.807) is 5.57 Å². The molecule has 0 bridgehead atoms. The summed E-state index contributed by atoms with van der Waals surface area (Å²) < 4.78 is 1.15. The first-order valence-corrected chi connectivity index (χ1v) is 6.79. The Morgan fingerprint density at radius 3 is 2.25 bits per heavy atom. The molecule has 86 valence electrons. The maximum atomic E-state index is 3.46. The van der Waals surface area contributed by atoms with Crippen LogP contribution < -0.4 is 5.32 Å². The number of hydrogen-bond acceptors (Lipinski definition) is 1. The topological polar surface area (TPSA) is 12.0 Å². The lowest BCUT2D eigenvalue weighted by molar-refractivity contribution is 0.582. The fourth-order valence-electron chi connectivity index (χ4n) is 2.07. The quantitative estimate of drug-likeness (QED) is 0.820. The second-order valence-electron chi connectivity index (χ2n) is 4.31. The highest BCUT2D eigenvalue weighted by atomic mass is 79.9. The summed E-state index contributed by atoms with van der Waals surface area (Å²) in [6.07, 6.45) is 7.37. The third-order valence-corrected chi connectivity index (χ3v) is 3.47. The van der Waals surface area contributed by atoms with E-state index in [9.17, 15) is 0 Å². The van der Waals surface area contributed by atoms with Crippen molar-refractivity contribution in [1.29, 1.82) is 0 Å². The average Bonchev–Trinajstić information content (AvgIpc) is 2.25. The summed E-state index contributed by atoms with van der Waals surface area (Å²) in [6, 6.07) is 8.57. The van der Waals surface area contributed by atoms with Crippen molar-refractivity contribution in [2.75, 3.05) is 13.1 Å². The molecule has 0 spiro atoms. The lowest BCUT2D eigenvalue weighted by atomic mass is 10.00. The molecule has 1 N–H and O–H groups in total. The molecule has 2 rings (SSSR count). The molecule has 1 aromatic rings. The van der Waals surface area contributed by atoms with Crippen molar-refractivity contribution in [2.45, 2.75) is 25.7 Å². The maximum absolute atomic E-state index is 3.46. The Balaban J connectivity index is 2.05. The number of benzene rings is 1. The fraction of sp³-hybridized carbons (Fsp3) is 0.429. The van der Waals surface area contributed by atoms with Crippen LogP contribution in [0.15, 0.2) is 34.3 Å². The molecule has 1 nitrogen and oxygen atoms in total. The first-order chi connectivity index (χ1) is 7.84. The van der Waals surface area contributed by atoms with Crippen LogP contribution in [-0.2, 0) is 0 Å². The van der Waals surface area contributed by atoms with Crippen LogP contribution in [0.5, 0.6) is 0 Å². The summed E-state index contributed by atoms with van der Waals surface area (Å²) in [7, 11) is 0. The molecule has 0 unspecified atom stereocenters. The number of allylic oxidation sites excluding steroid dienone is 1. The molecule has 1 aromatic carbocycles. The lowest BCUT2D eigenvalue weighted by Gasteiger charge is -2.13. The predicted molar refractivity (Wildman–Crippen MR) is 73.5 cm³/mol. The third-order valence-electron chi connectivity index (χ3n) is 2.94. The van der Waals surface area contributed by atoms with Crippen LogP contribution in [0.4, 0.5) is 0 Å². The minimum atomic E-state index is 1.15. The fourth-order valence-corrected chi connectivity index (χ4v) is 2.33. The molecule has 2 heteroatoms. The monoisotopic (exact) mass is 279 g/mol. The van der Waals surface area contributed by atoms with E-state index in [-0.39, 0.29) is 0 Å². The van der Waals surface area contributed by atoms with Gasteiger partial charge in [0.25, 0.3) is 0 Å². The molecular formula is C14H18BrN. The Labute approximate surface area is 106 Å². The Kier molecular flexibility index (Phi) is 4.61. The van der Waals surface area contributed by atoms with Crippen molar-refractivity contribution in [3.8, 4) is 0 Å². The van der Waals surface area contributed by atoms with Crippen molar-refractivity contribution in [3.63, 3.8) is 0 Å². The second kappa shape index (κ2) is 6.21. The number of nitrogens with one attached hydrogen (secondary N) is 1. The van der Waals surface area contributed by atoms with E-state index in [1.807, 2.05) is 0 Å². The highest BCUT2D eigenvalue weighted by molar-refractivity contribution is 9.10. The molecule has 0 radical (unpaired) electrons. The van der Waals surface area contributed by atoms with E-state index in [1.165, 1.54) is 31.2 Å². The van der Waals surface area contributed by atoms with Gasteiger partial charge in [0.1, 0.15) is 0 Å². The molecule has 1 fully saturated rings. The van der Waals surface area contributed by atoms with Gasteiger partial charge in [-0.2, -0.15) is 0 Å². The third kappa shape index (κ3) is 3.76. The zero-order chi connectivity index (χ0) is 11.2. The predicted octanol–water partition coefficient (Wildman–Crippen LogP) is 4.00. The standard InChI is InChI=1S/C14H18BrN/c15-14-7-5-13(6-8-14)11-12-3-1-9-16-10-2-4-12/h5-8,11,16H,1-4,9-10H2. The van der Waals surface area contributed by atoms with Crippen LogP contribution in [-0.4, -0.2) is 13.1 Å². The van der Waals surface area contributed by atoms with Crippen LogP contribution in [0.1, 0.15) is 31.2 Å². The molecule has 0 amide bonds. The zero-order valence-corrected chi connectivity index (χ0v) is 11.1. The molecule has 0 aliphatic carbocycles. The molecule has 0 saturated carbocycles. The maximum Gasteiger partial charge on any atom is 0.0175 e. The van der Waals surface area contributed by atoms with Gasteiger partial charge in [-0.25, -0.2) is 0 Å². The molecule has 1 saturated heterocycles.